The van der Waals surface area contributed by atoms with Crippen LogP contribution in [0.4, 0.5) is 11.4 Å². The minimum Gasteiger partial charge on any atom is -0.496 e. The van der Waals surface area contributed by atoms with E-state index in [1.807, 2.05) is 12.1 Å². The lowest BCUT2D eigenvalue weighted by atomic mass is 9.88. The number of nitrogens with one attached hydrogen (secondary N) is 2. The van der Waals surface area contributed by atoms with Crippen LogP contribution in [0.25, 0.3) is 0 Å². The average molecular weight is 436 g/mol. The number of amides is 1. The Morgan fingerprint density at radius 2 is 1.94 bits per heavy atom. The van der Waals surface area contributed by atoms with Gasteiger partial charge in [0.2, 0.25) is 5.91 Å². The van der Waals surface area contributed by atoms with E-state index in [9.17, 15) is 4.79 Å². The van der Waals surface area contributed by atoms with Gasteiger partial charge in [-0.15, -0.1) is 0 Å². The number of hydrogen-bond donors (Lipinski definition) is 2. The van der Waals surface area contributed by atoms with Crippen molar-refractivity contribution in [1.29, 1.82) is 0 Å². The molecule has 5 nitrogen and oxygen atoms in total. The molecule has 4 rings (SSSR count). The Labute approximate surface area is 192 Å². The number of carbonyl (C=O) groups is 1. The standard InChI is InChI=1S/C27H37N3O2/c1-18(2)30-14-12-20(13-15-30)24-16-22(9-11-26(24)32-4)29-27(31)21-8-10-23-19(3)6-5-7-25(23)28-17-21/h5-7,9,11,16,18,20-21,28H,8,10,12-15,17H2,1-4H3,(H,29,31). The SMILES string of the molecule is COc1ccc(NC(=O)C2CCc3c(C)cccc3NC2)cc1C1CCN(C(C)C)CC1. The molecule has 0 aromatic heterocycles. The van der Waals surface area contributed by atoms with Crippen LogP contribution in [0, 0.1) is 12.8 Å². The zero-order chi connectivity index (χ0) is 22.7. The van der Waals surface area contributed by atoms with Crippen LogP contribution in [0.1, 0.15) is 55.7 Å². The highest BCUT2D eigenvalue weighted by Crippen LogP contribution is 2.36. The molecule has 172 valence electrons. The lowest BCUT2D eigenvalue weighted by Crippen LogP contribution is -2.37. The molecule has 0 aliphatic carbocycles. The fourth-order valence-electron chi connectivity index (χ4n) is 5.18. The zero-order valence-electron chi connectivity index (χ0n) is 19.9. The molecular formula is C27H37N3O2. The third-order valence-corrected chi connectivity index (χ3v) is 7.26. The van der Waals surface area contributed by atoms with E-state index in [2.05, 4.69) is 60.6 Å². The second kappa shape index (κ2) is 9.95. The van der Waals surface area contributed by atoms with E-state index in [1.54, 1.807) is 7.11 Å². The number of anilines is 2. The van der Waals surface area contributed by atoms with Gasteiger partial charge in [-0.1, -0.05) is 12.1 Å². The average Bonchev–Trinajstić information content (AvgIpc) is 3.03. The number of piperidine rings is 1. The van der Waals surface area contributed by atoms with Crippen molar-refractivity contribution in [2.75, 3.05) is 37.4 Å². The summed E-state index contributed by atoms with van der Waals surface area (Å²) in [6, 6.07) is 13.0. The van der Waals surface area contributed by atoms with Crippen LogP contribution < -0.4 is 15.4 Å². The molecule has 1 fully saturated rings. The van der Waals surface area contributed by atoms with E-state index in [4.69, 9.17) is 4.74 Å². The summed E-state index contributed by atoms with van der Waals surface area (Å²) in [5.41, 5.74) is 5.88. The highest BCUT2D eigenvalue weighted by atomic mass is 16.5. The summed E-state index contributed by atoms with van der Waals surface area (Å²) in [6.07, 6.45) is 4.02. The third kappa shape index (κ3) is 4.93. The highest BCUT2D eigenvalue weighted by Gasteiger charge is 2.26. The van der Waals surface area contributed by atoms with Crippen LogP contribution in [0.5, 0.6) is 5.75 Å². The predicted octanol–water partition coefficient (Wildman–Crippen LogP) is 5.20. The Kier molecular flexibility index (Phi) is 7.04. The first-order valence-corrected chi connectivity index (χ1v) is 12.0. The van der Waals surface area contributed by atoms with Crippen molar-refractivity contribution < 1.29 is 9.53 Å². The maximum absolute atomic E-state index is 13.1. The van der Waals surface area contributed by atoms with Crippen molar-refractivity contribution in [2.45, 2.75) is 58.4 Å². The van der Waals surface area contributed by atoms with Gasteiger partial charge in [0.15, 0.2) is 0 Å². The number of benzene rings is 2. The molecule has 5 heteroatoms. The molecule has 1 unspecified atom stereocenters. The summed E-state index contributed by atoms with van der Waals surface area (Å²) >= 11 is 0. The molecule has 2 heterocycles. The largest absolute Gasteiger partial charge is 0.496 e. The van der Waals surface area contributed by atoms with Crippen LogP contribution in [-0.4, -0.2) is 43.6 Å². The van der Waals surface area contributed by atoms with E-state index in [1.165, 1.54) is 22.4 Å². The van der Waals surface area contributed by atoms with E-state index in [0.29, 0.717) is 18.5 Å². The van der Waals surface area contributed by atoms with Crippen molar-refractivity contribution in [3.05, 3.63) is 53.1 Å². The normalized spacial score (nSPS) is 19.7. The van der Waals surface area contributed by atoms with Gasteiger partial charge in [-0.25, -0.2) is 0 Å². The van der Waals surface area contributed by atoms with Crippen LogP contribution >= 0.6 is 0 Å². The number of fused-ring (bicyclic) bond motifs is 1. The lowest BCUT2D eigenvalue weighted by molar-refractivity contribution is -0.119. The Hall–Kier alpha value is -2.53. The van der Waals surface area contributed by atoms with Crippen LogP contribution in [0.15, 0.2) is 36.4 Å². The minimum atomic E-state index is -0.0540. The number of ether oxygens (including phenoxy) is 1. The number of aryl methyl sites for hydroxylation is 1. The molecule has 2 aliphatic heterocycles. The lowest BCUT2D eigenvalue weighted by Gasteiger charge is -2.35. The molecule has 1 amide bonds. The molecule has 0 spiro atoms. The second-order valence-electron chi connectivity index (χ2n) is 9.57. The van der Waals surface area contributed by atoms with Crippen molar-refractivity contribution in [1.82, 2.24) is 4.90 Å². The van der Waals surface area contributed by atoms with Gasteiger partial charge in [-0.05, 0) is 106 Å². The fourth-order valence-corrected chi connectivity index (χ4v) is 5.18. The fraction of sp³-hybridized carbons (Fsp3) is 0.519. The van der Waals surface area contributed by atoms with E-state index < -0.39 is 0 Å². The summed E-state index contributed by atoms with van der Waals surface area (Å²) in [5, 5.41) is 6.69. The molecule has 2 aliphatic rings. The van der Waals surface area contributed by atoms with Gasteiger partial charge in [0, 0.05) is 24.0 Å². The topological polar surface area (TPSA) is 53.6 Å². The molecule has 2 aromatic carbocycles. The van der Waals surface area contributed by atoms with Gasteiger partial charge in [0.25, 0.3) is 0 Å². The molecule has 0 saturated carbocycles. The summed E-state index contributed by atoms with van der Waals surface area (Å²) in [7, 11) is 1.73. The molecule has 2 aromatic rings. The molecule has 2 N–H and O–H groups in total. The van der Waals surface area contributed by atoms with Crippen molar-refractivity contribution in [3.63, 3.8) is 0 Å². The number of carbonyl (C=O) groups excluding carboxylic acids is 1. The number of methoxy groups -OCH3 is 1. The first-order valence-electron chi connectivity index (χ1n) is 12.0. The quantitative estimate of drug-likeness (QED) is 0.677. The van der Waals surface area contributed by atoms with Gasteiger partial charge < -0.3 is 20.3 Å². The molecule has 1 atom stereocenters. The number of rotatable bonds is 5. The van der Waals surface area contributed by atoms with Crippen LogP contribution in [0.2, 0.25) is 0 Å². The van der Waals surface area contributed by atoms with E-state index >= 15 is 0 Å². The number of likely N-dealkylation sites (tertiary alicyclic amines) is 1. The highest BCUT2D eigenvalue weighted by molar-refractivity contribution is 5.93. The van der Waals surface area contributed by atoms with Crippen molar-refractivity contribution in [2.24, 2.45) is 5.92 Å². The van der Waals surface area contributed by atoms with Gasteiger partial charge in [-0.3, -0.25) is 4.79 Å². The van der Waals surface area contributed by atoms with Crippen molar-refractivity contribution >= 4 is 17.3 Å². The molecular weight excluding hydrogens is 398 g/mol. The molecule has 0 radical (unpaired) electrons. The Bertz CT molecular complexity index is 948. The second-order valence-corrected chi connectivity index (χ2v) is 9.57. The molecule has 32 heavy (non-hydrogen) atoms. The van der Waals surface area contributed by atoms with Gasteiger partial charge in [-0.2, -0.15) is 0 Å². The maximum Gasteiger partial charge on any atom is 0.229 e. The van der Waals surface area contributed by atoms with Crippen LogP contribution in [0.3, 0.4) is 0 Å². The number of nitrogens with zero attached hydrogens (tertiary/aromatic N) is 1. The number of hydrogen-bond acceptors (Lipinski definition) is 4. The summed E-state index contributed by atoms with van der Waals surface area (Å²) in [5.74, 6) is 1.43. The Balaban J connectivity index is 1.44. The first kappa shape index (κ1) is 22.7. The molecule has 0 bridgehead atoms. The maximum atomic E-state index is 13.1. The van der Waals surface area contributed by atoms with Crippen molar-refractivity contribution in [3.8, 4) is 5.75 Å². The monoisotopic (exact) mass is 435 g/mol. The smallest absolute Gasteiger partial charge is 0.229 e. The minimum absolute atomic E-state index is 0.0540. The predicted molar refractivity (Wildman–Crippen MR) is 132 cm³/mol. The third-order valence-electron chi connectivity index (χ3n) is 7.26. The summed E-state index contributed by atoms with van der Waals surface area (Å²) in [4.78, 5) is 15.7. The zero-order valence-corrected chi connectivity index (χ0v) is 19.9. The first-order chi connectivity index (χ1) is 15.5. The molecule has 1 saturated heterocycles. The summed E-state index contributed by atoms with van der Waals surface area (Å²) in [6.45, 7) is 9.55. The van der Waals surface area contributed by atoms with Gasteiger partial charge in [0.1, 0.15) is 5.75 Å². The van der Waals surface area contributed by atoms with E-state index in [0.717, 1.165) is 50.2 Å². The Morgan fingerprint density at radius 3 is 2.66 bits per heavy atom. The van der Waals surface area contributed by atoms with Crippen LogP contribution in [-0.2, 0) is 11.2 Å². The summed E-state index contributed by atoms with van der Waals surface area (Å²) < 4.78 is 5.68. The Morgan fingerprint density at radius 1 is 1.16 bits per heavy atom. The van der Waals surface area contributed by atoms with E-state index in [-0.39, 0.29) is 11.8 Å². The van der Waals surface area contributed by atoms with Gasteiger partial charge in [0.05, 0.1) is 13.0 Å². The van der Waals surface area contributed by atoms with Gasteiger partial charge >= 0.3 is 0 Å².